The average Bonchev–Trinajstić information content (AvgIpc) is 3.08. The largest absolute Gasteiger partial charge is 0.461 e. The van der Waals surface area contributed by atoms with Crippen molar-refractivity contribution in [3.8, 4) is 0 Å². The quantitative estimate of drug-likeness (QED) is 0.586. The molecule has 0 N–H and O–H groups in total. The van der Waals surface area contributed by atoms with Crippen molar-refractivity contribution in [1.29, 1.82) is 0 Å². The first-order valence-corrected chi connectivity index (χ1v) is 8.20. The van der Waals surface area contributed by atoms with Gasteiger partial charge in [-0.3, -0.25) is 19.3 Å². The van der Waals surface area contributed by atoms with Gasteiger partial charge in [0, 0.05) is 0 Å². The summed E-state index contributed by atoms with van der Waals surface area (Å²) in [4.78, 5) is 62.6. The number of amides is 2. The summed E-state index contributed by atoms with van der Waals surface area (Å²) in [6.07, 6.45) is 0. The number of fused-ring (bicyclic) bond motifs is 1. The molecule has 2 heterocycles. The van der Waals surface area contributed by atoms with E-state index in [-0.39, 0.29) is 29.0 Å². The Balaban J connectivity index is 2.00. The first kappa shape index (κ1) is 18.3. The minimum absolute atomic E-state index is 0.0276. The summed E-state index contributed by atoms with van der Waals surface area (Å²) in [5.74, 6) is -3.11. The number of ether oxygens (including phenoxy) is 1. The minimum atomic E-state index is -1.31. The first-order chi connectivity index (χ1) is 12.8. The van der Waals surface area contributed by atoms with E-state index < -0.39 is 35.4 Å². The van der Waals surface area contributed by atoms with E-state index in [0.717, 1.165) is 4.90 Å². The maximum Gasteiger partial charge on any atom is 0.362 e. The molecule has 0 saturated heterocycles. The molecule has 3 rings (SSSR count). The van der Waals surface area contributed by atoms with Crippen molar-refractivity contribution >= 4 is 23.7 Å². The topological polar surface area (TPSA) is 116 Å². The summed E-state index contributed by atoms with van der Waals surface area (Å²) in [5, 5.41) is 0. The standard InChI is InChI=1S/C18H16N2O7/c1-4-26-18(25)13-9(2)17(24)27-20(13)14(21)10(3)19-15(22)11-7-5-6-8-12(11)16(19)23/h5-8,10H,4H2,1-3H3. The third-order valence-electron chi connectivity index (χ3n) is 4.28. The Hall–Kier alpha value is -3.49. The van der Waals surface area contributed by atoms with E-state index in [9.17, 15) is 24.0 Å². The monoisotopic (exact) mass is 372 g/mol. The Bertz CT molecular complexity index is 996. The van der Waals surface area contributed by atoms with Crippen LogP contribution >= 0.6 is 0 Å². The van der Waals surface area contributed by atoms with E-state index in [1.54, 1.807) is 19.1 Å². The normalized spacial score (nSPS) is 14.3. The molecule has 1 aromatic carbocycles. The van der Waals surface area contributed by atoms with Crippen LogP contribution in [0.25, 0.3) is 0 Å². The number of imide groups is 1. The van der Waals surface area contributed by atoms with E-state index in [2.05, 4.69) is 0 Å². The Morgan fingerprint density at radius 2 is 1.67 bits per heavy atom. The van der Waals surface area contributed by atoms with Crippen LogP contribution in [0.15, 0.2) is 33.6 Å². The zero-order chi connectivity index (χ0) is 19.9. The highest BCUT2D eigenvalue weighted by atomic mass is 16.6. The number of rotatable bonds is 4. The van der Waals surface area contributed by atoms with Crippen LogP contribution in [0.4, 0.5) is 0 Å². The third kappa shape index (κ3) is 2.77. The molecule has 27 heavy (non-hydrogen) atoms. The van der Waals surface area contributed by atoms with Crippen molar-refractivity contribution in [2.45, 2.75) is 26.8 Å². The van der Waals surface area contributed by atoms with Crippen molar-refractivity contribution in [2.24, 2.45) is 0 Å². The Kier molecular flexibility index (Phi) is 4.52. The maximum absolute atomic E-state index is 12.8. The average molecular weight is 372 g/mol. The maximum atomic E-state index is 12.8. The summed E-state index contributed by atoms with van der Waals surface area (Å²) in [6.45, 7) is 4.22. The van der Waals surface area contributed by atoms with Gasteiger partial charge in [0.2, 0.25) is 0 Å². The van der Waals surface area contributed by atoms with Gasteiger partial charge in [-0.1, -0.05) is 12.1 Å². The van der Waals surface area contributed by atoms with Crippen LogP contribution in [-0.4, -0.2) is 46.0 Å². The summed E-state index contributed by atoms with van der Waals surface area (Å²) in [6, 6.07) is 4.87. The fraction of sp³-hybridized carbons (Fsp3) is 0.278. The van der Waals surface area contributed by atoms with Crippen LogP contribution < -0.4 is 5.63 Å². The highest BCUT2D eigenvalue weighted by Gasteiger charge is 2.42. The molecule has 1 atom stereocenters. The number of nitrogens with zero attached hydrogens (tertiary/aromatic N) is 2. The third-order valence-corrected chi connectivity index (χ3v) is 4.28. The molecule has 0 spiro atoms. The predicted molar refractivity (Wildman–Crippen MR) is 90.7 cm³/mol. The van der Waals surface area contributed by atoms with Crippen LogP contribution in [0.3, 0.4) is 0 Å². The number of hydrogen-bond donors (Lipinski definition) is 0. The minimum Gasteiger partial charge on any atom is -0.461 e. The van der Waals surface area contributed by atoms with Crippen LogP contribution in [0.2, 0.25) is 0 Å². The SMILES string of the molecule is CCOC(=O)c1c(C)c(=O)on1C(=O)C(C)N1C(=O)c2ccccc2C1=O. The fourth-order valence-corrected chi connectivity index (χ4v) is 2.88. The lowest BCUT2D eigenvalue weighted by Crippen LogP contribution is -2.45. The molecule has 1 aliphatic heterocycles. The van der Waals surface area contributed by atoms with Gasteiger partial charge in [-0.05, 0) is 32.9 Å². The van der Waals surface area contributed by atoms with Crippen molar-refractivity contribution in [2.75, 3.05) is 6.61 Å². The van der Waals surface area contributed by atoms with Gasteiger partial charge >= 0.3 is 11.6 Å². The van der Waals surface area contributed by atoms with E-state index in [0.29, 0.717) is 4.74 Å². The van der Waals surface area contributed by atoms with Gasteiger partial charge < -0.3 is 9.26 Å². The molecule has 9 nitrogen and oxygen atoms in total. The molecule has 2 aromatic rings. The second-order valence-electron chi connectivity index (χ2n) is 5.91. The summed E-state index contributed by atoms with van der Waals surface area (Å²) in [5.41, 5.74) is -0.997. The fourth-order valence-electron chi connectivity index (χ4n) is 2.88. The van der Waals surface area contributed by atoms with E-state index in [1.807, 2.05) is 0 Å². The number of hydrogen-bond acceptors (Lipinski definition) is 7. The molecule has 0 radical (unpaired) electrons. The van der Waals surface area contributed by atoms with Gasteiger partial charge in [-0.25, -0.2) is 9.59 Å². The van der Waals surface area contributed by atoms with Gasteiger partial charge in [0.1, 0.15) is 6.04 Å². The second-order valence-corrected chi connectivity index (χ2v) is 5.91. The molecule has 2 amide bonds. The molecule has 1 unspecified atom stereocenters. The number of carbonyl (C=O) groups is 4. The smallest absolute Gasteiger partial charge is 0.362 e. The van der Waals surface area contributed by atoms with Gasteiger partial charge in [0.15, 0.2) is 5.69 Å². The second kappa shape index (κ2) is 6.67. The lowest BCUT2D eigenvalue weighted by Gasteiger charge is -2.21. The lowest BCUT2D eigenvalue weighted by molar-refractivity contribution is 0.0434. The molecular weight excluding hydrogens is 356 g/mol. The molecule has 9 heteroatoms. The number of esters is 1. The number of benzene rings is 1. The first-order valence-electron chi connectivity index (χ1n) is 8.20. The molecule has 0 bridgehead atoms. The van der Waals surface area contributed by atoms with Gasteiger partial charge in [0.05, 0.1) is 23.3 Å². The van der Waals surface area contributed by atoms with Gasteiger partial charge in [0.25, 0.3) is 17.7 Å². The van der Waals surface area contributed by atoms with Gasteiger partial charge in [-0.2, -0.15) is 0 Å². The van der Waals surface area contributed by atoms with Crippen LogP contribution in [0, 0.1) is 6.92 Å². The van der Waals surface area contributed by atoms with Gasteiger partial charge in [-0.15, -0.1) is 4.74 Å². The molecule has 1 aliphatic rings. The van der Waals surface area contributed by atoms with E-state index >= 15 is 0 Å². The molecule has 0 saturated carbocycles. The summed E-state index contributed by atoms with van der Waals surface area (Å²) in [7, 11) is 0. The molecule has 140 valence electrons. The van der Waals surface area contributed by atoms with Crippen molar-refractivity contribution < 1.29 is 28.4 Å². The Morgan fingerprint density at radius 1 is 1.11 bits per heavy atom. The molecule has 1 aromatic heterocycles. The molecular formula is C18H16N2O7. The highest BCUT2D eigenvalue weighted by Crippen LogP contribution is 2.25. The number of carbonyl (C=O) groups excluding carboxylic acids is 4. The zero-order valence-corrected chi connectivity index (χ0v) is 14.8. The Labute approximate surface area is 153 Å². The summed E-state index contributed by atoms with van der Waals surface area (Å²) >= 11 is 0. The summed E-state index contributed by atoms with van der Waals surface area (Å²) < 4.78 is 10.2. The zero-order valence-electron chi connectivity index (χ0n) is 14.8. The highest BCUT2D eigenvalue weighted by molar-refractivity contribution is 6.22. The van der Waals surface area contributed by atoms with E-state index in [1.165, 1.54) is 26.0 Å². The van der Waals surface area contributed by atoms with Crippen molar-refractivity contribution in [3.05, 3.63) is 57.1 Å². The number of aromatic nitrogens is 1. The lowest BCUT2D eigenvalue weighted by atomic mass is 10.1. The van der Waals surface area contributed by atoms with Crippen molar-refractivity contribution in [1.82, 2.24) is 9.64 Å². The Morgan fingerprint density at radius 3 is 2.19 bits per heavy atom. The molecule has 0 aliphatic carbocycles. The van der Waals surface area contributed by atoms with Crippen LogP contribution in [-0.2, 0) is 4.74 Å². The predicted octanol–water partition coefficient (Wildman–Crippen LogP) is 1.25. The molecule has 0 fully saturated rings. The van der Waals surface area contributed by atoms with Crippen molar-refractivity contribution in [3.63, 3.8) is 0 Å². The van der Waals surface area contributed by atoms with Crippen LogP contribution in [0.5, 0.6) is 0 Å². The van der Waals surface area contributed by atoms with E-state index in [4.69, 9.17) is 9.26 Å². The van der Waals surface area contributed by atoms with Crippen LogP contribution in [0.1, 0.15) is 55.4 Å².